The van der Waals surface area contributed by atoms with Crippen molar-refractivity contribution in [3.63, 3.8) is 0 Å². The van der Waals surface area contributed by atoms with Gasteiger partial charge in [-0.3, -0.25) is 0 Å². The Kier molecular flexibility index (Phi) is 3.11. The third kappa shape index (κ3) is 2.59. The van der Waals surface area contributed by atoms with E-state index in [2.05, 4.69) is 39.8 Å². The summed E-state index contributed by atoms with van der Waals surface area (Å²) in [5.41, 5.74) is 2.81. The second-order valence-electron chi connectivity index (χ2n) is 4.98. The second kappa shape index (κ2) is 4.90. The normalized spacial score (nSPS) is 14.9. The molecule has 18 heavy (non-hydrogen) atoms. The molecule has 94 valence electrons. The number of rotatable bonds is 5. The maximum Gasteiger partial charge on any atom is 0.146 e. The first-order valence-corrected chi connectivity index (χ1v) is 6.45. The van der Waals surface area contributed by atoms with Crippen LogP contribution in [0.2, 0.25) is 0 Å². The van der Waals surface area contributed by atoms with Crippen molar-refractivity contribution in [3.8, 4) is 0 Å². The van der Waals surface area contributed by atoms with Gasteiger partial charge in [0.1, 0.15) is 12.2 Å². The van der Waals surface area contributed by atoms with Gasteiger partial charge in [0.15, 0.2) is 0 Å². The van der Waals surface area contributed by atoms with Gasteiger partial charge in [0.05, 0.1) is 6.54 Å². The van der Waals surface area contributed by atoms with E-state index >= 15 is 0 Å². The van der Waals surface area contributed by atoms with Gasteiger partial charge in [-0.2, -0.15) is 0 Å². The molecule has 0 saturated heterocycles. The second-order valence-corrected chi connectivity index (χ2v) is 4.98. The summed E-state index contributed by atoms with van der Waals surface area (Å²) in [6.45, 7) is 1.62. The summed E-state index contributed by atoms with van der Waals surface area (Å²) in [4.78, 5) is 0. The minimum Gasteiger partial charge on any atom is -0.320 e. The molecule has 0 unspecified atom stereocenters. The SMILES string of the molecule is Cn1cnnc1CNCc1ccc(C2CC2)cc1. The summed E-state index contributed by atoms with van der Waals surface area (Å²) in [5.74, 6) is 1.80. The molecule has 1 fully saturated rings. The minimum absolute atomic E-state index is 0.751. The Labute approximate surface area is 107 Å². The molecule has 1 aliphatic carbocycles. The average molecular weight is 242 g/mol. The molecule has 1 heterocycles. The van der Waals surface area contributed by atoms with E-state index in [1.807, 2.05) is 11.6 Å². The fraction of sp³-hybridized carbons (Fsp3) is 0.429. The van der Waals surface area contributed by atoms with E-state index < -0.39 is 0 Å². The highest BCUT2D eigenvalue weighted by molar-refractivity contribution is 5.27. The molecular weight excluding hydrogens is 224 g/mol. The highest BCUT2D eigenvalue weighted by Gasteiger charge is 2.22. The van der Waals surface area contributed by atoms with Gasteiger partial charge >= 0.3 is 0 Å². The van der Waals surface area contributed by atoms with Gasteiger partial charge in [-0.05, 0) is 29.9 Å². The average Bonchev–Trinajstić information content (AvgIpc) is 3.16. The molecule has 3 rings (SSSR count). The van der Waals surface area contributed by atoms with E-state index in [4.69, 9.17) is 0 Å². The lowest BCUT2D eigenvalue weighted by Gasteiger charge is -2.05. The van der Waals surface area contributed by atoms with E-state index in [9.17, 15) is 0 Å². The Hall–Kier alpha value is -1.68. The van der Waals surface area contributed by atoms with Gasteiger partial charge in [-0.1, -0.05) is 24.3 Å². The maximum atomic E-state index is 4.04. The number of aryl methyl sites for hydroxylation is 1. The highest BCUT2D eigenvalue weighted by Crippen LogP contribution is 2.39. The first-order valence-electron chi connectivity index (χ1n) is 6.45. The van der Waals surface area contributed by atoms with Crippen LogP contribution in [0.25, 0.3) is 0 Å². The van der Waals surface area contributed by atoms with Gasteiger partial charge in [-0.15, -0.1) is 10.2 Å². The number of hydrogen-bond donors (Lipinski definition) is 1. The molecule has 1 aliphatic rings. The zero-order valence-electron chi connectivity index (χ0n) is 10.6. The standard InChI is InChI=1S/C14H18N4/c1-18-10-16-17-14(18)9-15-8-11-2-4-12(5-3-11)13-6-7-13/h2-5,10,13,15H,6-9H2,1H3. The van der Waals surface area contributed by atoms with Gasteiger partial charge in [0.2, 0.25) is 0 Å². The summed E-state index contributed by atoms with van der Waals surface area (Å²) in [6, 6.07) is 8.96. The van der Waals surface area contributed by atoms with Crippen LogP contribution in [0.1, 0.15) is 35.7 Å². The number of aromatic nitrogens is 3. The van der Waals surface area contributed by atoms with Crippen molar-refractivity contribution in [1.82, 2.24) is 20.1 Å². The van der Waals surface area contributed by atoms with Crippen LogP contribution in [-0.4, -0.2) is 14.8 Å². The third-order valence-electron chi connectivity index (χ3n) is 3.45. The molecule has 0 atom stereocenters. The fourth-order valence-corrected chi connectivity index (χ4v) is 2.11. The van der Waals surface area contributed by atoms with Crippen LogP contribution in [-0.2, 0) is 20.1 Å². The summed E-state index contributed by atoms with van der Waals surface area (Å²) < 4.78 is 1.93. The van der Waals surface area contributed by atoms with Gasteiger partial charge in [-0.25, -0.2) is 0 Å². The zero-order valence-corrected chi connectivity index (χ0v) is 10.6. The third-order valence-corrected chi connectivity index (χ3v) is 3.45. The van der Waals surface area contributed by atoms with Crippen LogP contribution in [0.3, 0.4) is 0 Å². The number of hydrogen-bond acceptors (Lipinski definition) is 3. The lowest BCUT2D eigenvalue weighted by atomic mass is 10.1. The maximum absolute atomic E-state index is 4.04. The summed E-state index contributed by atoms with van der Waals surface area (Å²) in [5, 5.41) is 11.3. The molecule has 0 aliphatic heterocycles. The summed E-state index contributed by atoms with van der Waals surface area (Å²) >= 11 is 0. The van der Waals surface area contributed by atoms with Crippen LogP contribution < -0.4 is 5.32 Å². The van der Waals surface area contributed by atoms with Gasteiger partial charge in [0.25, 0.3) is 0 Å². The van der Waals surface area contributed by atoms with Crippen molar-refractivity contribution in [2.45, 2.75) is 31.8 Å². The van der Waals surface area contributed by atoms with Gasteiger partial charge in [0, 0.05) is 13.6 Å². The zero-order chi connectivity index (χ0) is 12.4. The quantitative estimate of drug-likeness (QED) is 0.872. The largest absolute Gasteiger partial charge is 0.320 e. The van der Waals surface area contributed by atoms with E-state index in [1.54, 1.807) is 6.33 Å². The van der Waals surface area contributed by atoms with Crippen molar-refractivity contribution in [2.24, 2.45) is 7.05 Å². The van der Waals surface area contributed by atoms with Crippen molar-refractivity contribution >= 4 is 0 Å². The van der Waals surface area contributed by atoms with Crippen LogP contribution >= 0.6 is 0 Å². The Bertz CT molecular complexity index is 511. The first kappa shape index (κ1) is 11.4. The van der Waals surface area contributed by atoms with Crippen molar-refractivity contribution in [2.75, 3.05) is 0 Å². The molecule has 2 aromatic rings. The smallest absolute Gasteiger partial charge is 0.146 e. The molecule has 0 radical (unpaired) electrons. The number of benzene rings is 1. The molecule has 1 N–H and O–H groups in total. The Morgan fingerprint density at radius 1 is 1.22 bits per heavy atom. The Morgan fingerprint density at radius 3 is 2.61 bits per heavy atom. The molecule has 0 bridgehead atoms. The first-order chi connectivity index (χ1) is 8.83. The van der Waals surface area contributed by atoms with Crippen molar-refractivity contribution in [3.05, 3.63) is 47.5 Å². The number of nitrogens with zero attached hydrogens (tertiary/aromatic N) is 3. The fourth-order valence-electron chi connectivity index (χ4n) is 2.11. The summed E-state index contributed by atoms with van der Waals surface area (Å²) in [7, 11) is 1.96. The van der Waals surface area contributed by atoms with Crippen molar-refractivity contribution in [1.29, 1.82) is 0 Å². The molecular formula is C14H18N4. The molecule has 0 amide bonds. The lowest BCUT2D eigenvalue weighted by Crippen LogP contribution is -2.15. The predicted molar refractivity (Wildman–Crippen MR) is 70.0 cm³/mol. The van der Waals surface area contributed by atoms with Crippen LogP contribution in [0.15, 0.2) is 30.6 Å². The van der Waals surface area contributed by atoms with E-state index in [1.165, 1.54) is 24.0 Å². The highest BCUT2D eigenvalue weighted by atomic mass is 15.3. The van der Waals surface area contributed by atoms with Gasteiger partial charge < -0.3 is 9.88 Å². The summed E-state index contributed by atoms with van der Waals surface area (Å²) in [6.07, 6.45) is 4.45. The van der Waals surface area contributed by atoms with E-state index in [0.29, 0.717) is 0 Å². The minimum atomic E-state index is 0.751. The lowest BCUT2D eigenvalue weighted by molar-refractivity contribution is 0.637. The molecule has 1 aromatic carbocycles. The molecule has 4 heteroatoms. The topological polar surface area (TPSA) is 42.7 Å². The van der Waals surface area contributed by atoms with E-state index in [0.717, 1.165) is 24.8 Å². The molecule has 1 aromatic heterocycles. The van der Waals surface area contributed by atoms with Crippen molar-refractivity contribution < 1.29 is 0 Å². The van der Waals surface area contributed by atoms with Crippen LogP contribution in [0.4, 0.5) is 0 Å². The molecule has 0 spiro atoms. The monoisotopic (exact) mass is 242 g/mol. The van der Waals surface area contributed by atoms with Crippen LogP contribution in [0, 0.1) is 0 Å². The molecule has 4 nitrogen and oxygen atoms in total. The molecule has 1 saturated carbocycles. The Balaban J connectivity index is 1.52. The van der Waals surface area contributed by atoms with E-state index in [-0.39, 0.29) is 0 Å². The number of nitrogens with one attached hydrogen (secondary N) is 1. The Morgan fingerprint density at radius 2 is 2.00 bits per heavy atom. The predicted octanol–water partition coefficient (Wildman–Crippen LogP) is 1.98. The van der Waals surface area contributed by atoms with Crippen LogP contribution in [0.5, 0.6) is 0 Å².